The molecule has 0 saturated carbocycles. The van der Waals surface area contributed by atoms with Crippen molar-refractivity contribution in [1.82, 2.24) is 0 Å². The first-order chi connectivity index (χ1) is 5.98. The number of hydrogen-bond donors (Lipinski definition) is 1. The molecule has 0 bridgehead atoms. The van der Waals surface area contributed by atoms with Crippen LogP contribution in [-0.4, -0.2) is 18.1 Å². The molecule has 0 aromatic rings. The first-order valence-electron chi connectivity index (χ1n) is 4.90. The lowest BCUT2D eigenvalue weighted by Crippen LogP contribution is -2.26. The minimum absolute atomic E-state index is 0.120. The van der Waals surface area contributed by atoms with Crippen molar-refractivity contribution >= 4 is 5.91 Å². The summed E-state index contributed by atoms with van der Waals surface area (Å²) in [5.41, 5.74) is 4.88. The molecule has 3 nitrogen and oxygen atoms in total. The van der Waals surface area contributed by atoms with Crippen molar-refractivity contribution in [2.75, 3.05) is 6.61 Å². The second kappa shape index (κ2) is 5.97. The fraction of sp³-hybridized carbons (Fsp3) is 0.900. The number of rotatable bonds is 7. The zero-order chi connectivity index (χ0) is 10.3. The Hall–Kier alpha value is -0.570. The normalized spacial score (nSPS) is 11.6. The number of unbranched alkanes of at least 4 members (excludes halogenated alkanes) is 1. The number of carbonyl (C=O) groups is 1. The molecule has 0 aromatic carbocycles. The van der Waals surface area contributed by atoms with Gasteiger partial charge in [-0.1, -0.05) is 19.8 Å². The molecule has 78 valence electrons. The lowest BCUT2D eigenvalue weighted by Gasteiger charge is -2.24. The molecule has 0 spiro atoms. The molecule has 2 N–H and O–H groups in total. The van der Waals surface area contributed by atoms with Gasteiger partial charge in [-0.2, -0.15) is 0 Å². The summed E-state index contributed by atoms with van der Waals surface area (Å²) in [5.74, 6) is -0.300. The average Bonchev–Trinajstić information content (AvgIpc) is 2.00. The maximum atomic E-state index is 10.4. The quantitative estimate of drug-likeness (QED) is 0.661. The molecule has 3 heteroatoms. The molecule has 0 atom stereocenters. The molecule has 1 amide bonds. The lowest BCUT2D eigenvalue weighted by molar-refractivity contribution is -0.120. The first-order valence-corrected chi connectivity index (χ1v) is 4.90. The predicted molar refractivity (Wildman–Crippen MR) is 53.4 cm³/mol. The summed E-state index contributed by atoms with van der Waals surface area (Å²) >= 11 is 0. The van der Waals surface area contributed by atoms with Gasteiger partial charge >= 0.3 is 0 Å². The summed E-state index contributed by atoms with van der Waals surface area (Å²) < 4.78 is 5.54. The highest BCUT2D eigenvalue weighted by molar-refractivity contribution is 5.73. The van der Waals surface area contributed by atoms with Gasteiger partial charge in [0, 0.05) is 6.42 Å². The molecule has 0 radical (unpaired) electrons. The molecule has 0 aliphatic carbocycles. The third kappa shape index (κ3) is 7.78. The highest BCUT2D eigenvalue weighted by Crippen LogP contribution is 2.17. The van der Waals surface area contributed by atoms with E-state index in [2.05, 4.69) is 6.92 Å². The van der Waals surface area contributed by atoms with Gasteiger partial charge in [-0.15, -0.1) is 0 Å². The number of hydrogen-bond acceptors (Lipinski definition) is 2. The minimum atomic E-state index is -0.300. The van der Waals surface area contributed by atoms with Gasteiger partial charge in [0.25, 0.3) is 0 Å². The van der Waals surface area contributed by atoms with Crippen molar-refractivity contribution in [3.8, 4) is 0 Å². The van der Waals surface area contributed by atoms with Crippen LogP contribution in [0.2, 0.25) is 0 Å². The van der Waals surface area contributed by atoms with E-state index in [1.807, 2.05) is 13.8 Å². The number of amides is 1. The van der Waals surface area contributed by atoms with Gasteiger partial charge in [-0.05, 0) is 20.3 Å². The Balaban J connectivity index is 3.56. The van der Waals surface area contributed by atoms with Gasteiger partial charge in [0.2, 0.25) is 5.91 Å². The third-order valence-corrected chi connectivity index (χ3v) is 1.97. The molecule has 0 aliphatic heterocycles. The van der Waals surface area contributed by atoms with Crippen LogP contribution in [-0.2, 0) is 9.53 Å². The Kier molecular flexibility index (Phi) is 5.71. The molecule has 0 fully saturated rings. The van der Waals surface area contributed by atoms with Crippen LogP contribution in [0.5, 0.6) is 0 Å². The van der Waals surface area contributed by atoms with E-state index in [0.717, 1.165) is 12.8 Å². The Morgan fingerprint density at radius 2 is 2.08 bits per heavy atom. The number of nitrogens with two attached hydrogens (primary N) is 1. The molecule has 13 heavy (non-hydrogen) atoms. The lowest BCUT2D eigenvalue weighted by atomic mass is 10.0. The maximum Gasteiger partial charge on any atom is 0.219 e. The SMILES string of the molecule is CCCCC(C)(C)OCCC(N)=O. The van der Waals surface area contributed by atoms with Crippen molar-refractivity contribution in [3.05, 3.63) is 0 Å². The van der Waals surface area contributed by atoms with Crippen LogP contribution in [0.3, 0.4) is 0 Å². The number of carbonyl (C=O) groups excluding carboxylic acids is 1. The standard InChI is InChI=1S/C10H21NO2/c1-4-5-7-10(2,3)13-8-6-9(11)12/h4-8H2,1-3H3,(H2,11,12). The highest BCUT2D eigenvalue weighted by Gasteiger charge is 2.17. The fourth-order valence-electron chi connectivity index (χ4n) is 1.10. The zero-order valence-electron chi connectivity index (χ0n) is 8.93. The van der Waals surface area contributed by atoms with Crippen LogP contribution in [0, 0.1) is 0 Å². The van der Waals surface area contributed by atoms with E-state index in [-0.39, 0.29) is 11.5 Å². The second-order valence-electron chi connectivity index (χ2n) is 3.93. The van der Waals surface area contributed by atoms with E-state index in [1.165, 1.54) is 6.42 Å². The van der Waals surface area contributed by atoms with Crippen LogP contribution >= 0.6 is 0 Å². The molecule has 0 saturated heterocycles. The van der Waals surface area contributed by atoms with Crippen molar-refractivity contribution in [3.63, 3.8) is 0 Å². The predicted octanol–water partition coefficient (Wildman–Crippen LogP) is 1.85. The summed E-state index contributed by atoms with van der Waals surface area (Å²) in [6.07, 6.45) is 3.67. The van der Waals surface area contributed by atoms with E-state index in [4.69, 9.17) is 10.5 Å². The van der Waals surface area contributed by atoms with Crippen LogP contribution in [0.15, 0.2) is 0 Å². The first kappa shape index (κ1) is 12.4. The van der Waals surface area contributed by atoms with Gasteiger partial charge in [-0.25, -0.2) is 0 Å². The largest absolute Gasteiger partial charge is 0.375 e. The van der Waals surface area contributed by atoms with E-state index in [9.17, 15) is 4.79 Å². The smallest absolute Gasteiger partial charge is 0.219 e. The van der Waals surface area contributed by atoms with E-state index in [1.54, 1.807) is 0 Å². The summed E-state index contributed by atoms with van der Waals surface area (Å²) in [7, 11) is 0. The van der Waals surface area contributed by atoms with E-state index < -0.39 is 0 Å². The van der Waals surface area contributed by atoms with Crippen LogP contribution in [0.25, 0.3) is 0 Å². The molecular formula is C10H21NO2. The van der Waals surface area contributed by atoms with Crippen LogP contribution < -0.4 is 5.73 Å². The Labute approximate surface area is 80.6 Å². The van der Waals surface area contributed by atoms with Crippen LogP contribution in [0.1, 0.15) is 46.5 Å². The highest BCUT2D eigenvalue weighted by atomic mass is 16.5. The van der Waals surface area contributed by atoms with Crippen molar-refractivity contribution in [2.24, 2.45) is 5.73 Å². The topological polar surface area (TPSA) is 52.3 Å². The minimum Gasteiger partial charge on any atom is -0.375 e. The maximum absolute atomic E-state index is 10.4. The van der Waals surface area contributed by atoms with Gasteiger partial charge in [0.1, 0.15) is 0 Å². The monoisotopic (exact) mass is 187 g/mol. The van der Waals surface area contributed by atoms with Gasteiger partial charge in [-0.3, -0.25) is 4.79 Å². The number of ether oxygens (including phenoxy) is 1. The molecule has 0 aliphatic rings. The summed E-state index contributed by atoms with van der Waals surface area (Å²) in [6, 6.07) is 0. The molecule has 0 rings (SSSR count). The Bertz CT molecular complexity index is 155. The summed E-state index contributed by atoms with van der Waals surface area (Å²) in [5, 5.41) is 0. The van der Waals surface area contributed by atoms with Gasteiger partial charge in [0.05, 0.1) is 12.2 Å². The molecular weight excluding hydrogens is 166 g/mol. The Morgan fingerprint density at radius 3 is 2.54 bits per heavy atom. The molecule has 0 heterocycles. The van der Waals surface area contributed by atoms with Gasteiger partial charge in [0.15, 0.2) is 0 Å². The summed E-state index contributed by atoms with van der Waals surface area (Å²) in [4.78, 5) is 10.4. The van der Waals surface area contributed by atoms with Crippen molar-refractivity contribution < 1.29 is 9.53 Å². The Morgan fingerprint density at radius 1 is 1.46 bits per heavy atom. The number of primary amides is 1. The average molecular weight is 187 g/mol. The summed E-state index contributed by atoms with van der Waals surface area (Å²) in [6.45, 7) is 6.68. The molecule has 0 unspecified atom stereocenters. The van der Waals surface area contributed by atoms with Crippen LogP contribution in [0.4, 0.5) is 0 Å². The van der Waals surface area contributed by atoms with Crippen molar-refractivity contribution in [2.45, 2.75) is 52.1 Å². The van der Waals surface area contributed by atoms with Crippen molar-refractivity contribution in [1.29, 1.82) is 0 Å². The van der Waals surface area contributed by atoms with Gasteiger partial charge < -0.3 is 10.5 Å². The molecule has 0 aromatic heterocycles. The second-order valence-corrected chi connectivity index (χ2v) is 3.93. The third-order valence-electron chi connectivity index (χ3n) is 1.97. The fourth-order valence-corrected chi connectivity index (χ4v) is 1.10. The zero-order valence-corrected chi connectivity index (χ0v) is 8.93. The van der Waals surface area contributed by atoms with E-state index in [0.29, 0.717) is 13.0 Å². The van der Waals surface area contributed by atoms with E-state index >= 15 is 0 Å².